The van der Waals surface area contributed by atoms with Gasteiger partial charge in [0.15, 0.2) is 5.01 Å². The first-order valence-corrected chi connectivity index (χ1v) is 10.3. The van der Waals surface area contributed by atoms with Crippen molar-refractivity contribution in [1.82, 2.24) is 19.7 Å². The average Bonchev–Trinajstić information content (AvgIpc) is 3.34. The Morgan fingerprint density at radius 1 is 1.23 bits per heavy atom. The van der Waals surface area contributed by atoms with Crippen LogP contribution >= 0.6 is 28.3 Å². The van der Waals surface area contributed by atoms with Crippen molar-refractivity contribution in [3.63, 3.8) is 0 Å². The molecule has 164 valence electrons. The minimum atomic E-state index is -3.16. The quantitative estimate of drug-likeness (QED) is 0.519. The Morgan fingerprint density at radius 2 is 1.97 bits per heavy atom. The lowest BCUT2D eigenvalue weighted by atomic mass is 10.0. The number of hydrogen-bond donors (Lipinski definition) is 2. The molecule has 3 aromatic rings. The average molecular weight is 505 g/mol. The molecule has 1 atom stereocenters. The van der Waals surface area contributed by atoms with Gasteiger partial charge in [-0.05, 0) is 51.2 Å². The molecule has 0 spiro atoms. The molecular formula is C19H24BrF3N6S. The van der Waals surface area contributed by atoms with E-state index in [4.69, 9.17) is 5.73 Å². The van der Waals surface area contributed by atoms with Crippen molar-refractivity contribution < 1.29 is 13.2 Å². The van der Waals surface area contributed by atoms with E-state index in [2.05, 4.69) is 27.5 Å². The van der Waals surface area contributed by atoms with Crippen LogP contribution in [0.3, 0.4) is 0 Å². The van der Waals surface area contributed by atoms with Crippen molar-refractivity contribution in [3.05, 3.63) is 29.3 Å². The zero-order chi connectivity index (χ0) is 20.5. The highest BCUT2D eigenvalue weighted by molar-refractivity contribution is 8.93. The maximum atomic E-state index is 14.6. The number of rotatable bonds is 6. The molecule has 3 N–H and O–H groups in total. The number of halogens is 4. The molecule has 0 saturated carbocycles. The molecule has 0 amide bonds. The largest absolute Gasteiger partial charge is 0.382 e. The Kier molecular flexibility index (Phi) is 7.38. The third-order valence-electron chi connectivity index (χ3n) is 5.28. The van der Waals surface area contributed by atoms with Crippen LogP contribution in [0.5, 0.6) is 0 Å². The summed E-state index contributed by atoms with van der Waals surface area (Å²) in [5.74, 6) is 0. The van der Waals surface area contributed by atoms with Crippen molar-refractivity contribution >= 4 is 44.9 Å². The normalized spacial score (nSPS) is 16.7. The van der Waals surface area contributed by atoms with Crippen molar-refractivity contribution in [2.24, 2.45) is 5.73 Å². The number of benzene rings is 1. The van der Waals surface area contributed by atoms with Gasteiger partial charge in [0.05, 0.1) is 11.2 Å². The smallest absolute Gasteiger partial charge is 0.288 e. The van der Waals surface area contributed by atoms with Gasteiger partial charge in [0, 0.05) is 23.7 Å². The molecule has 0 bridgehead atoms. The molecule has 1 aliphatic heterocycles. The van der Waals surface area contributed by atoms with Crippen molar-refractivity contribution in [1.29, 1.82) is 0 Å². The lowest BCUT2D eigenvalue weighted by molar-refractivity contribution is 0.0115. The van der Waals surface area contributed by atoms with Gasteiger partial charge >= 0.3 is 0 Å². The summed E-state index contributed by atoms with van der Waals surface area (Å²) in [5, 5.41) is 13.1. The summed E-state index contributed by atoms with van der Waals surface area (Å²) in [6.45, 7) is 2.17. The van der Waals surface area contributed by atoms with Crippen molar-refractivity contribution in [2.75, 3.05) is 25.5 Å². The van der Waals surface area contributed by atoms with E-state index in [1.54, 1.807) is 18.2 Å². The fourth-order valence-electron chi connectivity index (χ4n) is 3.73. The lowest BCUT2D eigenvalue weighted by Crippen LogP contribution is -2.36. The van der Waals surface area contributed by atoms with Gasteiger partial charge < -0.3 is 20.5 Å². The third-order valence-corrected chi connectivity index (χ3v) is 6.24. The lowest BCUT2D eigenvalue weighted by Gasteiger charge is -2.30. The van der Waals surface area contributed by atoms with Gasteiger partial charge in [-0.1, -0.05) is 17.4 Å². The number of nitrogens with zero attached hydrogens (tertiary/aromatic N) is 4. The van der Waals surface area contributed by atoms with Crippen molar-refractivity contribution in [2.45, 2.75) is 38.1 Å². The van der Waals surface area contributed by atoms with E-state index in [0.29, 0.717) is 20.9 Å². The number of hydrogen-bond acceptors (Lipinski definition) is 6. The molecule has 1 aromatic carbocycles. The Morgan fingerprint density at radius 3 is 2.60 bits per heavy atom. The summed E-state index contributed by atoms with van der Waals surface area (Å²) in [6, 6.07) is 7.30. The molecule has 1 fully saturated rings. The maximum Gasteiger partial charge on any atom is 0.288 e. The van der Waals surface area contributed by atoms with Gasteiger partial charge in [-0.15, -0.1) is 27.2 Å². The number of alkyl halides is 3. The molecule has 6 nitrogen and oxygen atoms in total. The van der Waals surface area contributed by atoms with E-state index in [1.807, 2.05) is 6.07 Å². The van der Waals surface area contributed by atoms with Gasteiger partial charge in [-0.2, -0.15) is 0 Å². The highest BCUT2D eigenvalue weighted by atomic mass is 79.9. The highest BCUT2D eigenvalue weighted by Crippen LogP contribution is 2.38. The van der Waals surface area contributed by atoms with Crippen molar-refractivity contribution in [3.8, 4) is 10.7 Å². The molecule has 11 heteroatoms. The standard InChI is InChI=1S/C19H23F3N6S.BrH/c1-27-7-5-11(6-8-27)24-13-3-2-4-14-12(13)9-15(28(14)18(22)17(20)21)19-26-25-16(10-23)29-19;/h2-4,9,11,17-18,24H,5-8,10,23H2,1H3;1H. The number of piperidine rings is 1. The number of nitrogens with two attached hydrogens (primary N) is 1. The molecule has 30 heavy (non-hydrogen) atoms. The minimum Gasteiger partial charge on any atom is -0.382 e. The molecule has 1 saturated heterocycles. The third kappa shape index (κ3) is 4.48. The van der Waals surface area contributed by atoms with E-state index < -0.39 is 12.7 Å². The summed E-state index contributed by atoms with van der Waals surface area (Å²) in [4.78, 5) is 2.27. The predicted molar refractivity (Wildman–Crippen MR) is 119 cm³/mol. The summed E-state index contributed by atoms with van der Waals surface area (Å²) >= 11 is 1.18. The summed E-state index contributed by atoms with van der Waals surface area (Å²) in [6.07, 6.45) is -3.66. The first-order valence-electron chi connectivity index (χ1n) is 9.52. The first-order chi connectivity index (χ1) is 14.0. The van der Waals surface area contributed by atoms with Gasteiger partial charge in [-0.25, -0.2) is 13.2 Å². The highest BCUT2D eigenvalue weighted by Gasteiger charge is 2.28. The van der Waals surface area contributed by atoms with Crippen LogP contribution < -0.4 is 11.1 Å². The fourth-order valence-corrected chi connectivity index (χ4v) is 4.46. The monoisotopic (exact) mass is 504 g/mol. The fraction of sp³-hybridized carbons (Fsp3) is 0.474. The summed E-state index contributed by atoms with van der Waals surface area (Å²) in [5.41, 5.74) is 7.08. The molecule has 0 radical (unpaired) electrons. The van der Waals surface area contributed by atoms with Crippen LogP contribution in [0.1, 0.15) is 24.1 Å². The van der Waals surface area contributed by atoms with Crippen LogP contribution in [0.25, 0.3) is 21.6 Å². The molecule has 2 aromatic heterocycles. The van der Waals surface area contributed by atoms with E-state index in [1.165, 1.54) is 11.3 Å². The number of aromatic nitrogens is 3. The van der Waals surface area contributed by atoms with Crippen LogP contribution in [-0.4, -0.2) is 52.3 Å². The topological polar surface area (TPSA) is 72.0 Å². The number of likely N-dealkylation sites (tertiary alicyclic amines) is 1. The van der Waals surface area contributed by atoms with Gasteiger partial charge in [-0.3, -0.25) is 0 Å². The second-order valence-electron chi connectivity index (χ2n) is 7.27. The van der Waals surface area contributed by atoms with Crippen LogP contribution in [0, 0.1) is 0 Å². The maximum absolute atomic E-state index is 14.6. The Balaban J connectivity index is 0.00000256. The van der Waals surface area contributed by atoms with Crippen LogP contribution in [0.4, 0.5) is 18.9 Å². The van der Waals surface area contributed by atoms with E-state index in [9.17, 15) is 13.2 Å². The zero-order valence-corrected chi connectivity index (χ0v) is 18.9. The minimum absolute atomic E-state index is 0. The Bertz CT molecular complexity index is 986. The second-order valence-corrected chi connectivity index (χ2v) is 8.33. The first kappa shape index (κ1) is 23.0. The molecule has 1 unspecified atom stereocenters. The Hall–Kier alpha value is -1.69. The van der Waals surface area contributed by atoms with Gasteiger partial charge in [0.25, 0.3) is 6.43 Å². The Labute approximate surface area is 187 Å². The predicted octanol–water partition coefficient (Wildman–Crippen LogP) is 4.44. The summed E-state index contributed by atoms with van der Waals surface area (Å²) < 4.78 is 42.3. The molecule has 1 aliphatic rings. The van der Waals surface area contributed by atoms with Crippen LogP contribution in [0.15, 0.2) is 24.3 Å². The van der Waals surface area contributed by atoms with E-state index in [0.717, 1.165) is 36.2 Å². The SMILES string of the molecule is Br.CN1CCC(Nc2cccc3c2cc(-c2nnc(CN)s2)n3C(F)C(F)F)CC1. The van der Waals surface area contributed by atoms with Crippen LogP contribution in [0.2, 0.25) is 0 Å². The van der Waals surface area contributed by atoms with E-state index in [-0.39, 0.29) is 35.3 Å². The number of fused-ring (bicyclic) bond motifs is 1. The van der Waals surface area contributed by atoms with Gasteiger partial charge in [0.2, 0.25) is 6.30 Å². The van der Waals surface area contributed by atoms with Crippen LogP contribution in [-0.2, 0) is 6.54 Å². The molecule has 3 heterocycles. The molecule has 4 rings (SSSR count). The summed E-state index contributed by atoms with van der Waals surface area (Å²) in [7, 11) is 2.09. The zero-order valence-electron chi connectivity index (χ0n) is 16.4. The van der Waals surface area contributed by atoms with Gasteiger partial charge in [0.1, 0.15) is 5.01 Å². The van der Waals surface area contributed by atoms with E-state index >= 15 is 0 Å². The number of anilines is 1. The molecule has 0 aliphatic carbocycles. The number of nitrogens with one attached hydrogen (secondary N) is 1. The molecular weight excluding hydrogens is 481 g/mol. The second kappa shape index (κ2) is 9.63.